The SMILES string of the molecule is CC(C)OCCS(=O)(=O)Nc1cc(N)c(F)cc1F. The zero-order valence-corrected chi connectivity index (χ0v) is 11.4. The van der Waals surface area contributed by atoms with E-state index in [-0.39, 0.29) is 29.8 Å². The van der Waals surface area contributed by atoms with Gasteiger partial charge in [0.15, 0.2) is 0 Å². The second kappa shape index (κ2) is 6.16. The first kappa shape index (κ1) is 15.6. The Hall–Kier alpha value is -1.41. The largest absolute Gasteiger partial charge is 0.396 e. The van der Waals surface area contributed by atoms with Crippen LogP contribution in [0.3, 0.4) is 0 Å². The van der Waals surface area contributed by atoms with E-state index >= 15 is 0 Å². The van der Waals surface area contributed by atoms with Crippen LogP contribution in [0, 0.1) is 11.6 Å². The molecule has 0 heterocycles. The van der Waals surface area contributed by atoms with Crippen molar-refractivity contribution in [2.24, 2.45) is 0 Å². The van der Waals surface area contributed by atoms with E-state index in [2.05, 4.69) is 0 Å². The number of nitrogen functional groups attached to an aromatic ring is 1. The molecule has 5 nitrogen and oxygen atoms in total. The number of rotatable bonds is 6. The Morgan fingerprint density at radius 2 is 1.95 bits per heavy atom. The maximum atomic E-state index is 13.4. The van der Waals surface area contributed by atoms with Gasteiger partial charge >= 0.3 is 0 Å². The third kappa shape index (κ3) is 4.99. The van der Waals surface area contributed by atoms with Gasteiger partial charge in [-0.05, 0) is 19.9 Å². The molecule has 0 radical (unpaired) electrons. The molecule has 3 N–H and O–H groups in total. The lowest BCUT2D eigenvalue weighted by atomic mass is 10.2. The van der Waals surface area contributed by atoms with Gasteiger partial charge in [0.25, 0.3) is 0 Å². The Kier molecular flexibility index (Phi) is 5.07. The smallest absolute Gasteiger partial charge is 0.235 e. The van der Waals surface area contributed by atoms with Gasteiger partial charge in [0.05, 0.1) is 29.8 Å². The van der Waals surface area contributed by atoms with Gasteiger partial charge in [-0.3, -0.25) is 4.72 Å². The number of benzene rings is 1. The molecule has 0 atom stereocenters. The van der Waals surface area contributed by atoms with Crippen molar-refractivity contribution >= 4 is 21.4 Å². The van der Waals surface area contributed by atoms with Crippen LogP contribution in [0.1, 0.15) is 13.8 Å². The normalized spacial score (nSPS) is 11.8. The molecule has 0 saturated heterocycles. The second-order valence-electron chi connectivity index (χ2n) is 4.19. The van der Waals surface area contributed by atoms with E-state index in [4.69, 9.17) is 10.5 Å². The summed E-state index contributed by atoms with van der Waals surface area (Å²) in [5.41, 5.74) is 4.53. The number of ether oxygens (including phenoxy) is 1. The first-order chi connectivity index (χ1) is 8.71. The van der Waals surface area contributed by atoms with Gasteiger partial charge in [0.1, 0.15) is 11.6 Å². The van der Waals surface area contributed by atoms with Gasteiger partial charge in [-0.15, -0.1) is 0 Å². The highest BCUT2D eigenvalue weighted by molar-refractivity contribution is 7.92. The molecule has 0 spiro atoms. The molecule has 0 aromatic heterocycles. The summed E-state index contributed by atoms with van der Waals surface area (Å²) in [6.45, 7) is 3.51. The van der Waals surface area contributed by atoms with Crippen molar-refractivity contribution in [2.75, 3.05) is 22.8 Å². The summed E-state index contributed by atoms with van der Waals surface area (Å²) in [6, 6.07) is 1.42. The average Bonchev–Trinajstić information content (AvgIpc) is 2.24. The summed E-state index contributed by atoms with van der Waals surface area (Å²) in [4.78, 5) is 0. The lowest BCUT2D eigenvalue weighted by Crippen LogP contribution is -2.22. The minimum atomic E-state index is -3.78. The van der Waals surface area contributed by atoms with Gasteiger partial charge in [-0.25, -0.2) is 17.2 Å². The molecule has 1 rings (SSSR count). The fourth-order valence-electron chi connectivity index (χ4n) is 1.26. The van der Waals surface area contributed by atoms with Gasteiger partial charge in [0, 0.05) is 6.07 Å². The molecule has 0 aliphatic rings. The molecule has 19 heavy (non-hydrogen) atoms. The minimum absolute atomic E-state index is 0.0225. The molecule has 8 heteroatoms. The van der Waals surface area contributed by atoms with Gasteiger partial charge in [0.2, 0.25) is 10.0 Å². The van der Waals surface area contributed by atoms with E-state index in [0.29, 0.717) is 6.07 Å². The van der Waals surface area contributed by atoms with Gasteiger partial charge in [-0.1, -0.05) is 0 Å². The van der Waals surface area contributed by atoms with Crippen LogP contribution in [-0.2, 0) is 14.8 Å². The van der Waals surface area contributed by atoms with Crippen LogP contribution in [0.2, 0.25) is 0 Å². The number of anilines is 2. The van der Waals surface area contributed by atoms with Crippen molar-refractivity contribution in [1.29, 1.82) is 0 Å². The minimum Gasteiger partial charge on any atom is -0.396 e. The molecule has 1 aromatic carbocycles. The zero-order chi connectivity index (χ0) is 14.6. The number of nitrogens with two attached hydrogens (primary N) is 1. The molecule has 108 valence electrons. The molecule has 0 fully saturated rings. The van der Waals surface area contributed by atoms with Crippen molar-refractivity contribution < 1.29 is 21.9 Å². The van der Waals surface area contributed by atoms with Crippen molar-refractivity contribution in [3.63, 3.8) is 0 Å². The Balaban J connectivity index is 2.76. The van der Waals surface area contributed by atoms with Crippen LogP contribution in [0.4, 0.5) is 20.2 Å². The van der Waals surface area contributed by atoms with Gasteiger partial charge < -0.3 is 10.5 Å². The molecular weight excluding hydrogens is 278 g/mol. The van der Waals surface area contributed by atoms with Crippen LogP contribution in [0.25, 0.3) is 0 Å². The van der Waals surface area contributed by atoms with Crippen molar-refractivity contribution in [3.8, 4) is 0 Å². The molecule has 0 saturated carbocycles. The van der Waals surface area contributed by atoms with E-state index < -0.39 is 21.7 Å². The number of hydrogen-bond acceptors (Lipinski definition) is 4. The third-order valence-corrected chi connectivity index (χ3v) is 3.39. The predicted molar refractivity (Wildman–Crippen MR) is 69.3 cm³/mol. The summed E-state index contributed by atoms with van der Waals surface area (Å²) in [5, 5.41) is 0. The van der Waals surface area contributed by atoms with E-state index in [9.17, 15) is 17.2 Å². The molecule has 0 aliphatic heterocycles. The predicted octanol–water partition coefficient (Wildman–Crippen LogP) is 1.71. The molecule has 1 aromatic rings. The molecule has 0 amide bonds. The highest BCUT2D eigenvalue weighted by Gasteiger charge is 2.15. The number of sulfonamides is 1. The number of nitrogens with one attached hydrogen (secondary N) is 1. The van der Waals surface area contributed by atoms with E-state index in [0.717, 1.165) is 6.07 Å². The fraction of sp³-hybridized carbons (Fsp3) is 0.455. The summed E-state index contributed by atoms with van der Waals surface area (Å²) in [7, 11) is -3.78. The van der Waals surface area contributed by atoms with E-state index in [1.165, 1.54) is 0 Å². The second-order valence-corrected chi connectivity index (χ2v) is 6.04. The Bertz CT molecular complexity index is 547. The maximum Gasteiger partial charge on any atom is 0.235 e. The van der Waals surface area contributed by atoms with Crippen LogP contribution < -0.4 is 10.5 Å². The summed E-state index contributed by atoms with van der Waals surface area (Å²) >= 11 is 0. The van der Waals surface area contributed by atoms with Gasteiger partial charge in [-0.2, -0.15) is 0 Å². The summed E-state index contributed by atoms with van der Waals surface area (Å²) in [5.74, 6) is -2.30. The van der Waals surface area contributed by atoms with Crippen LogP contribution in [-0.4, -0.2) is 26.9 Å². The van der Waals surface area contributed by atoms with Crippen molar-refractivity contribution in [2.45, 2.75) is 20.0 Å². The maximum absolute atomic E-state index is 13.4. The van der Waals surface area contributed by atoms with Crippen LogP contribution in [0.15, 0.2) is 12.1 Å². The first-order valence-electron chi connectivity index (χ1n) is 5.58. The lowest BCUT2D eigenvalue weighted by Gasteiger charge is -2.11. The zero-order valence-electron chi connectivity index (χ0n) is 10.6. The fourth-order valence-corrected chi connectivity index (χ4v) is 2.17. The van der Waals surface area contributed by atoms with Crippen molar-refractivity contribution in [1.82, 2.24) is 0 Å². The Morgan fingerprint density at radius 3 is 2.53 bits per heavy atom. The highest BCUT2D eigenvalue weighted by atomic mass is 32.2. The van der Waals surface area contributed by atoms with E-state index in [1.807, 2.05) is 4.72 Å². The Labute approximate surface area is 110 Å². The highest BCUT2D eigenvalue weighted by Crippen LogP contribution is 2.22. The standard InChI is InChI=1S/C11H16F2N2O3S/c1-7(2)18-3-4-19(16,17)15-11-6-10(14)8(12)5-9(11)13/h5-7,15H,3-4,14H2,1-2H3. The van der Waals surface area contributed by atoms with Crippen molar-refractivity contribution in [3.05, 3.63) is 23.8 Å². The molecule has 0 unspecified atom stereocenters. The topological polar surface area (TPSA) is 81.4 Å². The van der Waals surface area contributed by atoms with E-state index in [1.54, 1.807) is 13.8 Å². The summed E-state index contributed by atoms with van der Waals surface area (Å²) in [6.07, 6.45) is -0.103. The number of halogens is 2. The quantitative estimate of drug-likeness (QED) is 0.783. The molecule has 0 bridgehead atoms. The summed E-state index contributed by atoms with van der Waals surface area (Å²) < 4.78 is 56.6. The molecular formula is C11H16F2N2O3S. The van der Waals surface area contributed by atoms with Crippen LogP contribution in [0.5, 0.6) is 0 Å². The lowest BCUT2D eigenvalue weighted by molar-refractivity contribution is 0.0913. The molecule has 0 aliphatic carbocycles. The van der Waals surface area contributed by atoms with Crippen LogP contribution >= 0.6 is 0 Å². The first-order valence-corrected chi connectivity index (χ1v) is 7.23. The average molecular weight is 294 g/mol. The monoisotopic (exact) mass is 294 g/mol. The Morgan fingerprint density at radius 1 is 1.32 bits per heavy atom. The third-order valence-electron chi connectivity index (χ3n) is 2.16. The number of hydrogen-bond donors (Lipinski definition) is 2.